The van der Waals surface area contributed by atoms with Gasteiger partial charge in [0.15, 0.2) is 23.3 Å². The summed E-state index contributed by atoms with van der Waals surface area (Å²) in [6.45, 7) is 3.66. The molecule has 44 heavy (non-hydrogen) atoms. The molecule has 0 atom stereocenters. The van der Waals surface area contributed by atoms with Crippen molar-refractivity contribution < 1.29 is 19.1 Å². The Bertz CT molecular complexity index is 1790. The maximum Gasteiger partial charge on any atom is 0.271 e. The molecule has 0 unspecified atom stereocenters. The summed E-state index contributed by atoms with van der Waals surface area (Å²) in [4.78, 5) is 33.1. The van der Waals surface area contributed by atoms with Crippen LogP contribution in [0.5, 0.6) is 11.5 Å². The molecular formula is C33H26Cl3N3O4S. The molecule has 5 rings (SSSR count). The van der Waals surface area contributed by atoms with Crippen molar-refractivity contribution in [2.24, 2.45) is 4.99 Å². The number of hydrogen-bond donors (Lipinski definition) is 1. The van der Waals surface area contributed by atoms with E-state index in [1.165, 1.54) is 24.9 Å². The summed E-state index contributed by atoms with van der Waals surface area (Å²) in [5.41, 5.74) is 4.72. The zero-order valence-corrected chi connectivity index (χ0v) is 26.9. The molecule has 7 nitrogen and oxygen atoms in total. The highest BCUT2D eigenvalue weighted by Crippen LogP contribution is 2.41. The number of anilines is 2. The van der Waals surface area contributed by atoms with Gasteiger partial charge in [-0.3, -0.25) is 14.5 Å². The number of rotatable bonds is 8. The first kappa shape index (κ1) is 31.5. The number of carbonyl (C=O) groups is 2. The minimum absolute atomic E-state index is 0.189. The Labute approximate surface area is 274 Å². The fraction of sp³-hybridized carbons (Fsp3) is 0.121. The van der Waals surface area contributed by atoms with Crippen molar-refractivity contribution in [3.05, 3.63) is 116 Å². The third-order valence-corrected chi connectivity index (χ3v) is 8.45. The Morgan fingerprint density at radius 1 is 0.909 bits per heavy atom. The van der Waals surface area contributed by atoms with Gasteiger partial charge in [0.05, 0.1) is 38.5 Å². The molecule has 4 aromatic carbocycles. The van der Waals surface area contributed by atoms with Crippen LogP contribution in [0.3, 0.4) is 0 Å². The van der Waals surface area contributed by atoms with Crippen molar-refractivity contribution in [3.8, 4) is 11.5 Å². The summed E-state index contributed by atoms with van der Waals surface area (Å²) in [6, 6.07) is 23.5. The smallest absolute Gasteiger partial charge is 0.271 e. The highest BCUT2D eigenvalue weighted by atomic mass is 35.5. The van der Waals surface area contributed by atoms with E-state index in [2.05, 4.69) is 5.32 Å². The quantitative estimate of drug-likeness (QED) is 0.190. The summed E-state index contributed by atoms with van der Waals surface area (Å²) in [7, 11) is 1.46. The molecule has 0 radical (unpaired) electrons. The second kappa shape index (κ2) is 13.8. The number of ether oxygens (including phenoxy) is 2. The van der Waals surface area contributed by atoms with Gasteiger partial charge in [0, 0.05) is 5.69 Å². The summed E-state index contributed by atoms with van der Waals surface area (Å²) in [6.07, 6.45) is 1.72. The number of benzene rings is 4. The van der Waals surface area contributed by atoms with Crippen LogP contribution in [-0.4, -0.2) is 30.7 Å². The Balaban J connectivity index is 1.39. The monoisotopic (exact) mass is 665 g/mol. The van der Waals surface area contributed by atoms with Gasteiger partial charge in [0.25, 0.3) is 11.8 Å². The molecule has 1 fully saturated rings. The van der Waals surface area contributed by atoms with Gasteiger partial charge in [-0.25, -0.2) is 4.99 Å². The standard InChI is InChI=1S/C33H26Cl3N3O4S/c1-19-4-8-22(9-5-19)38-33-39(24-11-6-20(2)7-12-24)32(41)29(44-33)16-21-14-27(36)31(28(15-21)42-3)43-18-30(40)37-23-10-13-25(34)26(35)17-23/h4-17H,18H2,1-3H3,(H,37,40)/b29-16+,38-33?. The molecule has 2 amide bonds. The topological polar surface area (TPSA) is 80.2 Å². The molecule has 0 aromatic heterocycles. The van der Waals surface area contributed by atoms with Crippen molar-refractivity contribution in [1.29, 1.82) is 0 Å². The van der Waals surface area contributed by atoms with Crippen molar-refractivity contribution in [2.75, 3.05) is 23.9 Å². The highest BCUT2D eigenvalue weighted by Gasteiger charge is 2.35. The lowest BCUT2D eigenvalue weighted by molar-refractivity contribution is -0.118. The summed E-state index contributed by atoms with van der Waals surface area (Å²) in [5.74, 6) is -0.170. The number of nitrogens with one attached hydrogen (secondary N) is 1. The molecule has 0 aliphatic carbocycles. The van der Waals surface area contributed by atoms with E-state index < -0.39 is 5.91 Å². The van der Waals surface area contributed by atoms with Gasteiger partial charge in [-0.1, -0.05) is 70.2 Å². The van der Waals surface area contributed by atoms with Gasteiger partial charge in [0.1, 0.15) is 0 Å². The van der Waals surface area contributed by atoms with Crippen LogP contribution in [0.4, 0.5) is 17.1 Å². The molecule has 1 heterocycles. The van der Waals surface area contributed by atoms with Gasteiger partial charge in [-0.15, -0.1) is 0 Å². The Morgan fingerprint density at radius 2 is 1.59 bits per heavy atom. The maximum absolute atomic E-state index is 13.7. The van der Waals surface area contributed by atoms with Gasteiger partial charge >= 0.3 is 0 Å². The van der Waals surface area contributed by atoms with Gasteiger partial charge < -0.3 is 14.8 Å². The summed E-state index contributed by atoms with van der Waals surface area (Å²) in [5, 5.41) is 4.12. The molecule has 0 spiro atoms. The lowest BCUT2D eigenvalue weighted by Gasteiger charge is -2.16. The van der Waals surface area contributed by atoms with Crippen LogP contribution >= 0.6 is 46.6 Å². The Morgan fingerprint density at radius 3 is 2.25 bits per heavy atom. The molecule has 0 saturated carbocycles. The van der Waals surface area contributed by atoms with Crippen molar-refractivity contribution >= 4 is 86.7 Å². The molecule has 11 heteroatoms. The minimum atomic E-state index is -0.433. The van der Waals surface area contributed by atoms with E-state index in [-0.39, 0.29) is 23.3 Å². The van der Waals surface area contributed by atoms with E-state index in [4.69, 9.17) is 49.3 Å². The fourth-order valence-corrected chi connectivity index (χ4v) is 5.80. The van der Waals surface area contributed by atoms with Crippen molar-refractivity contribution in [2.45, 2.75) is 13.8 Å². The van der Waals surface area contributed by atoms with Gasteiger partial charge in [-0.05, 0) is 91.8 Å². The summed E-state index contributed by atoms with van der Waals surface area (Å²) >= 11 is 19.8. The normalized spacial score (nSPS) is 14.8. The number of halogens is 3. The largest absolute Gasteiger partial charge is 0.493 e. The first-order valence-electron chi connectivity index (χ1n) is 13.3. The first-order chi connectivity index (χ1) is 21.1. The van der Waals surface area contributed by atoms with Gasteiger partial charge in [-0.2, -0.15) is 0 Å². The third-order valence-electron chi connectivity index (χ3n) is 6.46. The van der Waals surface area contributed by atoms with Crippen molar-refractivity contribution in [1.82, 2.24) is 0 Å². The molecule has 1 aliphatic heterocycles. The van der Waals surface area contributed by atoms with E-state index in [0.717, 1.165) is 16.8 Å². The Kier molecular flexibility index (Phi) is 9.86. The molecule has 224 valence electrons. The number of carbonyl (C=O) groups excluding carboxylic acids is 2. The van der Waals surface area contributed by atoms with E-state index in [0.29, 0.717) is 42.8 Å². The molecule has 1 N–H and O–H groups in total. The number of thioether (sulfide) groups is 1. The molecule has 1 saturated heterocycles. The maximum atomic E-state index is 13.7. The average Bonchev–Trinajstić information content (AvgIpc) is 3.29. The number of methoxy groups -OCH3 is 1. The zero-order valence-electron chi connectivity index (χ0n) is 23.9. The highest BCUT2D eigenvalue weighted by molar-refractivity contribution is 8.19. The van der Waals surface area contributed by atoms with Crippen LogP contribution in [-0.2, 0) is 9.59 Å². The molecule has 1 aliphatic rings. The zero-order chi connectivity index (χ0) is 31.4. The first-order valence-corrected chi connectivity index (χ1v) is 15.3. The van der Waals surface area contributed by atoms with Crippen LogP contribution in [0.15, 0.2) is 88.8 Å². The van der Waals surface area contributed by atoms with Crippen LogP contribution in [0.25, 0.3) is 6.08 Å². The van der Waals surface area contributed by atoms with Gasteiger partial charge in [0.2, 0.25) is 0 Å². The fourth-order valence-electron chi connectivity index (χ4n) is 4.22. The number of hydrogen-bond acceptors (Lipinski definition) is 6. The number of nitrogens with zero attached hydrogens (tertiary/aromatic N) is 2. The lowest BCUT2D eigenvalue weighted by atomic mass is 10.1. The van der Waals surface area contributed by atoms with E-state index in [9.17, 15) is 9.59 Å². The second-order valence-corrected chi connectivity index (χ2v) is 12.0. The van der Waals surface area contributed by atoms with Crippen LogP contribution in [0.1, 0.15) is 16.7 Å². The van der Waals surface area contributed by atoms with E-state index >= 15 is 0 Å². The predicted molar refractivity (Wildman–Crippen MR) is 181 cm³/mol. The lowest BCUT2D eigenvalue weighted by Crippen LogP contribution is -2.28. The minimum Gasteiger partial charge on any atom is -0.493 e. The number of aryl methyl sites for hydroxylation is 2. The SMILES string of the molecule is COc1cc(/C=C2/SC(=Nc3ccc(C)cc3)N(c3ccc(C)cc3)C2=O)cc(Cl)c1OCC(=O)Nc1ccc(Cl)c(Cl)c1. The van der Waals surface area contributed by atoms with Crippen LogP contribution in [0.2, 0.25) is 15.1 Å². The van der Waals surface area contributed by atoms with Crippen LogP contribution in [0, 0.1) is 13.8 Å². The third kappa shape index (κ3) is 7.39. The van der Waals surface area contributed by atoms with Crippen molar-refractivity contribution in [3.63, 3.8) is 0 Å². The Hall–Kier alpha value is -3.95. The number of amides is 2. The van der Waals surface area contributed by atoms with Crippen LogP contribution < -0.4 is 19.7 Å². The molecular weight excluding hydrogens is 641 g/mol. The number of amidine groups is 1. The molecule has 4 aromatic rings. The van der Waals surface area contributed by atoms with E-state index in [1.54, 1.807) is 35.2 Å². The summed E-state index contributed by atoms with van der Waals surface area (Å²) < 4.78 is 11.2. The average molecular weight is 667 g/mol. The van der Waals surface area contributed by atoms with E-state index in [1.807, 2.05) is 62.4 Å². The second-order valence-electron chi connectivity index (χ2n) is 9.82. The molecule has 0 bridgehead atoms. The predicted octanol–water partition coefficient (Wildman–Crippen LogP) is 9.10. The number of aliphatic imine (C=N–C) groups is 1.